The van der Waals surface area contributed by atoms with E-state index in [4.69, 9.17) is 14.2 Å². The highest BCUT2D eigenvalue weighted by Crippen LogP contribution is 2.39. The lowest BCUT2D eigenvalue weighted by Gasteiger charge is -2.40. The molecular formula is C19H18N2O4. The second kappa shape index (κ2) is 5.67. The molecule has 3 aliphatic heterocycles. The lowest BCUT2D eigenvalue weighted by molar-refractivity contribution is 0.0963. The van der Waals surface area contributed by atoms with Gasteiger partial charge in [-0.15, -0.1) is 0 Å². The van der Waals surface area contributed by atoms with Crippen molar-refractivity contribution >= 4 is 17.3 Å². The van der Waals surface area contributed by atoms with Gasteiger partial charge < -0.3 is 19.5 Å². The fourth-order valence-electron chi connectivity index (χ4n) is 3.72. The van der Waals surface area contributed by atoms with Gasteiger partial charge in [0.15, 0.2) is 11.5 Å². The van der Waals surface area contributed by atoms with Crippen molar-refractivity contribution in [3.05, 3.63) is 48.0 Å². The maximum atomic E-state index is 13.3. The first-order chi connectivity index (χ1) is 12.3. The summed E-state index contributed by atoms with van der Waals surface area (Å²) in [5, 5.41) is 3.54. The molecule has 3 heterocycles. The summed E-state index contributed by atoms with van der Waals surface area (Å²) in [5.74, 6) is 1.61. The molecule has 0 aliphatic carbocycles. The molecule has 2 atom stereocenters. The fourth-order valence-corrected chi connectivity index (χ4v) is 3.72. The molecule has 2 aromatic rings. The van der Waals surface area contributed by atoms with Crippen LogP contribution >= 0.6 is 0 Å². The van der Waals surface area contributed by atoms with Gasteiger partial charge in [0.05, 0.1) is 17.9 Å². The number of ether oxygens (including phenoxy) is 3. The molecule has 6 nitrogen and oxygen atoms in total. The number of hydrogen-bond donors (Lipinski definition) is 1. The monoisotopic (exact) mass is 338 g/mol. The number of anilines is 2. The molecule has 128 valence electrons. The molecule has 0 unspecified atom stereocenters. The number of rotatable bonds is 2. The van der Waals surface area contributed by atoms with Gasteiger partial charge in [0.1, 0.15) is 6.17 Å². The summed E-state index contributed by atoms with van der Waals surface area (Å²) < 4.78 is 16.4. The number of amides is 1. The van der Waals surface area contributed by atoms with E-state index in [1.54, 1.807) is 0 Å². The quantitative estimate of drug-likeness (QED) is 0.912. The van der Waals surface area contributed by atoms with Crippen LogP contribution in [-0.2, 0) is 4.74 Å². The summed E-state index contributed by atoms with van der Waals surface area (Å²) in [4.78, 5) is 15.1. The van der Waals surface area contributed by atoms with Gasteiger partial charge in [-0.25, -0.2) is 0 Å². The van der Waals surface area contributed by atoms with Crippen LogP contribution in [0.5, 0.6) is 11.5 Å². The first-order valence-electron chi connectivity index (χ1n) is 8.48. The summed E-state index contributed by atoms with van der Waals surface area (Å²) in [7, 11) is 0. The van der Waals surface area contributed by atoms with Crippen molar-refractivity contribution in [2.24, 2.45) is 5.92 Å². The average Bonchev–Trinajstić information content (AvgIpc) is 3.33. The Balaban J connectivity index is 1.59. The molecule has 6 heteroatoms. The molecule has 3 aliphatic rings. The van der Waals surface area contributed by atoms with E-state index in [1.165, 1.54) is 0 Å². The fraction of sp³-hybridized carbons (Fsp3) is 0.316. The molecule has 25 heavy (non-hydrogen) atoms. The molecule has 0 radical (unpaired) electrons. The Morgan fingerprint density at radius 3 is 2.84 bits per heavy atom. The van der Waals surface area contributed by atoms with Gasteiger partial charge in [-0.05, 0) is 30.7 Å². The lowest BCUT2D eigenvalue weighted by atomic mass is 9.98. The molecule has 1 fully saturated rings. The molecule has 1 amide bonds. The van der Waals surface area contributed by atoms with E-state index in [1.807, 2.05) is 47.4 Å². The van der Waals surface area contributed by atoms with Gasteiger partial charge in [-0.3, -0.25) is 9.69 Å². The van der Waals surface area contributed by atoms with Gasteiger partial charge in [0, 0.05) is 24.3 Å². The van der Waals surface area contributed by atoms with Gasteiger partial charge in [0.25, 0.3) is 5.91 Å². The van der Waals surface area contributed by atoms with Gasteiger partial charge in [-0.1, -0.05) is 12.1 Å². The lowest BCUT2D eigenvalue weighted by Crippen LogP contribution is -2.53. The Labute approximate surface area is 145 Å². The number of carbonyl (C=O) groups is 1. The van der Waals surface area contributed by atoms with E-state index in [2.05, 4.69) is 5.32 Å². The number of para-hydroxylation sites is 1. The standard InChI is InChI=1S/C19H18N2O4/c22-19-14-3-1-2-4-15(14)20-18(12-7-8-23-10-12)21(19)13-5-6-16-17(9-13)25-11-24-16/h1-6,9,12,18,20H,7-8,10-11H2/t12-,18-/m1/s1. The number of fused-ring (bicyclic) bond motifs is 2. The highest BCUT2D eigenvalue weighted by molar-refractivity contribution is 6.12. The highest BCUT2D eigenvalue weighted by Gasteiger charge is 2.39. The number of carbonyl (C=O) groups excluding carboxylic acids is 1. The Morgan fingerprint density at radius 2 is 1.96 bits per heavy atom. The first-order valence-corrected chi connectivity index (χ1v) is 8.48. The summed E-state index contributed by atoms with van der Waals surface area (Å²) in [6.45, 7) is 1.59. The Bertz CT molecular complexity index is 832. The van der Waals surface area contributed by atoms with Crippen LogP contribution < -0.4 is 19.7 Å². The zero-order chi connectivity index (χ0) is 16.8. The second-order valence-corrected chi connectivity index (χ2v) is 6.47. The van der Waals surface area contributed by atoms with E-state index in [0.717, 1.165) is 24.4 Å². The SMILES string of the molecule is O=C1c2ccccc2N[C@@H]([C@@H]2CCOC2)N1c1ccc2c(c1)OCO2. The molecule has 0 spiro atoms. The van der Waals surface area contributed by atoms with Crippen LogP contribution in [-0.4, -0.2) is 32.1 Å². The summed E-state index contributed by atoms with van der Waals surface area (Å²) in [5.41, 5.74) is 2.35. The van der Waals surface area contributed by atoms with Crippen molar-refractivity contribution in [1.29, 1.82) is 0 Å². The molecule has 2 aromatic carbocycles. The number of nitrogens with one attached hydrogen (secondary N) is 1. The minimum atomic E-state index is -0.148. The summed E-state index contributed by atoms with van der Waals surface area (Å²) >= 11 is 0. The zero-order valence-corrected chi connectivity index (χ0v) is 13.6. The van der Waals surface area contributed by atoms with Crippen molar-refractivity contribution in [3.8, 4) is 11.5 Å². The number of benzene rings is 2. The van der Waals surface area contributed by atoms with E-state index in [-0.39, 0.29) is 24.8 Å². The Hall–Kier alpha value is -2.73. The van der Waals surface area contributed by atoms with Gasteiger partial charge >= 0.3 is 0 Å². The molecule has 0 saturated carbocycles. The molecule has 1 saturated heterocycles. The van der Waals surface area contributed by atoms with Crippen LogP contribution in [0, 0.1) is 5.92 Å². The van der Waals surface area contributed by atoms with Crippen molar-refractivity contribution in [3.63, 3.8) is 0 Å². The third-order valence-electron chi connectivity index (χ3n) is 5.00. The largest absolute Gasteiger partial charge is 0.454 e. The van der Waals surface area contributed by atoms with E-state index in [9.17, 15) is 4.79 Å². The van der Waals surface area contributed by atoms with E-state index >= 15 is 0 Å². The summed E-state index contributed by atoms with van der Waals surface area (Å²) in [6.07, 6.45) is 0.777. The topological polar surface area (TPSA) is 60.0 Å². The van der Waals surface area contributed by atoms with Crippen molar-refractivity contribution < 1.29 is 19.0 Å². The third-order valence-corrected chi connectivity index (χ3v) is 5.00. The normalized spacial score (nSPS) is 24.2. The predicted octanol–water partition coefficient (Wildman–Crippen LogP) is 2.85. The molecule has 1 N–H and O–H groups in total. The van der Waals surface area contributed by atoms with Crippen LogP contribution in [0.15, 0.2) is 42.5 Å². The molecule has 0 aromatic heterocycles. The van der Waals surface area contributed by atoms with Crippen LogP contribution in [0.1, 0.15) is 16.8 Å². The third kappa shape index (κ3) is 2.33. The molecule has 5 rings (SSSR count). The number of nitrogens with zero attached hydrogens (tertiary/aromatic N) is 1. The van der Waals surface area contributed by atoms with Gasteiger partial charge in [-0.2, -0.15) is 0 Å². The maximum absolute atomic E-state index is 13.3. The smallest absolute Gasteiger partial charge is 0.262 e. The summed E-state index contributed by atoms with van der Waals surface area (Å²) in [6, 6.07) is 13.3. The zero-order valence-electron chi connectivity index (χ0n) is 13.6. The van der Waals surface area contributed by atoms with Crippen molar-refractivity contribution in [1.82, 2.24) is 0 Å². The second-order valence-electron chi connectivity index (χ2n) is 6.47. The maximum Gasteiger partial charge on any atom is 0.262 e. The van der Waals surface area contributed by atoms with E-state index < -0.39 is 0 Å². The van der Waals surface area contributed by atoms with Crippen LogP contribution in [0.3, 0.4) is 0 Å². The molecular weight excluding hydrogens is 320 g/mol. The van der Waals surface area contributed by atoms with E-state index in [0.29, 0.717) is 23.7 Å². The van der Waals surface area contributed by atoms with Crippen molar-refractivity contribution in [2.75, 3.05) is 30.2 Å². The average molecular weight is 338 g/mol. The van der Waals surface area contributed by atoms with Gasteiger partial charge in [0.2, 0.25) is 6.79 Å². The minimum absolute atomic E-state index is 0.00915. The molecule has 0 bridgehead atoms. The minimum Gasteiger partial charge on any atom is -0.454 e. The van der Waals surface area contributed by atoms with Crippen LogP contribution in [0.4, 0.5) is 11.4 Å². The predicted molar refractivity (Wildman–Crippen MR) is 92.2 cm³/mol. The Kier molecular flexibility index (Phi) is 3.31. The van der Waals surface area contributed by atoms with Crippen molar-refractivity contribution in [2.45, 2.75) is 12.6 Å². The van der Waals surface area contributed by atoms with Crippen LogP contribution in [0.25, 0.3) is 0 Å². The van der Waals surface area contributed by atoms with Crippen LogP contribution in [0.2, 0.25) is 0 Å². The highest BCUT2D eigenvalue weighted by atomic mass is 16.7. The first kappa shape index (κ1) is 14.6. The number of hydrogen-bond acceptors (Lipinski definition) is 5. The Morgan fingerprint density at radius 1 is 1.08 bits per heavy atom.